The van der Waals surface area contributed by atoms with E-state index in [4.69, 9.17) is 9.47 Å². The van der Waals surface area contributed by atoms with Crippen molar-refractivity contribution in [3.8, 4) is 11.5 Å². The summed E-state index contributed by atoms with van der Waals surface area (Å²) >= 11 is 1.46. The molecule has 0 aliphatic rings. The Bertz CT molecular complexity index is 981. The molecule has 0 fully saturated rings. The van der Waals surface area contributed by atoms with Crippen molar-refractivity contribution >= 4 is 16.3 Å². The summed E-state index contributed by atoms with van der Waals surface area (Å²) in [5, 5.41) is 13.7. The van der Waals surface area contributed by atoms with Gasteiger partial charge in [-0.3, -0.25) is 0 Å². The summed E-state index contributed by atoms with van der Waals surface area (Å²) in [6.07, 6.45) is 0. The quantitative estimate of drug-likeness (QED) is 0.530. The first-order valence-corrected chi connectivity index (χ1v) is 8.67. The van der Waals surface area contributed by atoms with E-state index in [2.05, 4.69) is 15.3 Å². The van der Waals surface area contributed by atoms with E-state index in [1.807, 2.05) is 61.5 Å². The van der Waals surface area contributed by atoms with E-state index < -0.39 is 0 Å². The summed E-state index contributed by atoms with van der Waals surface area (Å²) < 4.78 is 13.3. The van der Waals surface area contributed by atoms with Crippen LogP contribution in [-0.2, 0) is 13.2 Å². The molecular weight excluding hydrogens is 336 g/mol. The second-order valence-corrected chi connectivity index (χ2v) is 6.50. The van der Waals surface area contributed by atoms with Crippen LogP contribution in [0.25, 0.3) is 4.96 Å². The third kappa shape index (κ3) is 3.46. The summed E-state index contributed by atoms with van der Waals surface area (Å²) in [6.45, 7) is 2.73. The fourth-order valence-electron chi connectivity index (χ4n) is 2.37. The average molecular weight is 352 g/mol. The smallest absolute Gasteiger partial charge is 0.234 e. The minimum absolute atomic E-state index is 0.313. The van der Waals surface area contributed by atoms with Crippen molar-refractivity contribution in [1.29, 1.82) is 0 Å². The van der Waals surface area contributed by atoms with Crippen molar-refractivity contribution in [2.75, 3.05) is 0 Å². The molecule has 0 aliphatic heterocycles. The van der Waals surface area contributed by atoms with Crippen molar-refractivity contribution in [3.05, 3.63) is 71.0 Å². The van der Waals surface area contributed by atoms with E-state index in [1.165, 1.54) is 11.3 Å². The first-order valence-electron chi connectivity index (χ1n) is 7.86. The first-order chi connectivity index (χ1) is 12.3. The van der Waals surface area contributed by atoms with E-state index in [0.717, 1.165) is 27.0 Å². The van der Waals surface area contributed by atoms with E-state index in [9.17, 15) is 0 Å². The highest BCUT2D eigenvalue weighted by atomic mass is 32.1. The molecule has 0 spiro atoms. The number of hydrogen-bond acceptors (Lipinski definition) is 6. The summed E-state index contributed by atoms with van der Waals surface area (Å²) in [7, 11) is 0. The Morgan fingerprint density at radius 1 is 0.920 bits per heavy atom. The normalized spacial score (nSPS) is 10.9. The number of hydrogen-bond donors (Lipinski definition) is 0. The van der Waals surface area contributed by atoms with Gasteiger partial charge in [-0.05, 0) is 30.7 Å². The van der Waals surface area contributed by atoms with Crippen LogP contribution in [0.3, 0.4) is 0 Å². The third-order valence-electron chi connectivity index (χ3n) is 3.65. The van der Waals surface area contributed by atoms with Crippen molar-refractivity contribution in [2.24, 2.45) is 0 Å². The van der Waals surface area contributed by atoms with E-state index >= 15 is 0 Å². The lowest BCUT2D eigenvalue weighted by molar-refractivity contribution is 0.289. The highest BCUT2D eigenvalue weighted by Crippen LogP contribution is 2.20. The molecule has 25 heavy (non-hydrogen) atoms. The van der Waals surface area contributed by atoms with Gasteiger partial charge < -0.3 is 9.47 Å². The molecule has 2 heterocycles. The number of fused-ring (bicyclic) bond motifs is 1. The van der Waals surface area contributed by atoms with E-state index in [1.54, 1.807) is 4.52 Å². The maximum absolute atomic E-state index is 5.85. The highest BCUT2D eigenvalue weighted by molar-refractivity contribution is 7.16. The molecular formula is C18H16N4O2S. The zero-order chi connectivity index (χ0) is 17.1. The molecule has 0 atom stereocenters. The van der Waals surface area contributed by atoms with Gasteiger partial charge in [0.2, 0.25) is 4.96 Å². The number of aryl methyl sites for hydroxylation is 1. The van der Waals surface area contributed by atoms with Gasteiger partial charge in [0.25, 0.3) is 0 Å². The molecule has 0 unspecified atom stereocenters. The molecule has 0 saturated carbocycles. The van der Waals surface area contributed by atoms with Gasteiger partial charge in [-0.1, -0.05) is 47.7 Å². The Morgan fingerprint density at radius 2 is 1.72 bits per heavy atom. The van der Waals surface area contributed by atoms with Crippen LogP contribution in [0.5, 0.6) is 11.5 Å². The van der Waals surface area contributed by atoms with Gasteiger partial charge in [0.1, 0.15) is 24.7 Å². The van der Waals surface area contributed by atoms with Gasteiger partial charge in [-0.2, -0.15) is 9.61 Å². The molecule has 6 nitrogen and oxygen atoms in total. The number of benzene rings is 2. The Kier molecular flexibility index (Phi) is 4.30. The van der Waals surface area contributed by atoms with Crippen LogP contribution in [0.2, 0.25) is 0 Å². The number of ether oxygens (including phenoxy) is 2. The van der Waals surface area contributed by atoms with Gasteiger partial charge in [-0.25, -0.2) is 0 Å². The fourth-order valence-corrected chi connectivity index (χ4v) is 3.13. The average Bonchev–Trinajstić information content (AvgIpc) is 3.21. The van der Waals surface area contributed by atoms with Crippen LogP contribution in [0, 0.1) is 6.92 Å². The fraction of sp³-hybridized carbons (Fsp3) is 0.167. The van der Waals surface area contributed by atoms with Crippen molar-refractivity contribution < 1.29 is 9.47 Å². The van der Waals surface area contributed by atoms with Crippen LogP contribution >= 0.6 is 11.3 Å². The zero-order valence-corrected chi connectivity index (χ0v) is 14.4. The summed E-state index contributed by atoms with van der Waals surface area (Å²) in [4.78, 5) is 0.732. The lowest BCUT2D eigenvalue weighted by Gasteiger charge is -2.06. The summed E-state index contributed by atoms with van der Waals surface area (Å²) in [5.41, 5.74) is 1.10. The topological polar surface area (TPSA) is 61.5 Å². The Labute approximate surface area is 148 Å². The standard InChI is InChI=1S/C18H16N4O2S/c1-13-7-5-6-10-15(13)24-12-17-21-22-16(19-20-18(22)25-17)11-23-14-8-3-2-4-9-14/h2-10H,11-12H2,1H3. The molecule has 4 aromatic rings. The second kappa shape index (κ2) is 6.90. The van der Waals surface area contributed by atoms with Crippen molar-refractivity contribution in [3.63, 3.8) is 0 Å². The molecule has 0 radical (unpaired) electrons. The highest BCUT2D eigenvalue weighted by Gasteiger charge is 2.13. The van der Waals surface area contributed by atoms with Crippen LogP contribution in [0.4, 0.5) is 0 Å². The number of nitrogens with zero attached hydrogens (tertiary/aromatic N) is 4. The predicted octanol–water partition coefficient (Wildman–Crippen LogP) is 3.65. The number of para-hydroxylation sites is 2. The Balaban J connectivity index is 1.46. The predicted molar refractivity (Wildman–Crippen MR) is 94.9 cm³/mol. The van der Waals surface area contributed by atoms with E-state index in [0.29, 0.717) is 19.0 Å². The van der Waals surface area contributed by atoms with Crippen LogP contribution in [0.15, 0.2) is 54.6 Å². The van der Waals surface area contributed by atoms with Gasteiger partial charge in [-0.15, -0.1) is 10.2 Å². The van der Waals surface area contributed by atoms with Gasteiger partial charge in [0, 0.05) is 0 Å². The molecule has 2 aromatic carbocycles. The number of rotatable bonds is 6. The molecule has 2 aromatic heterocycles. The second-order valence-electron chi connectivity index (χ2n) is 5.46. The molecule has 0 aliphatic carbocycles. The molecule has 7 heteroatoms. The Morgan fingerprint density at radius 3 is 2.56 bits per heavy atom. The minimum atomic E-state index is 0.313. The maximum Gasteiger partial charge on any atom is 0.234 e. The largest absolute Gasteiger partial charge is 0.486 e. The van der Waals surface area contributed by atoms with Crippen LogP contribution in [-0.4, -0.2) is 19.8 Å². The lowest BCUT2D eigenvalue weighted by Crippen LogP contribution is -2.03. The zero-order valence-electron chi connectivity index (χ0n) is 13.6. The molecule has 0 saturated heterocycles. The molecule has 4 rings (SSSR count). The van der Waals surface area contributed by atoms with Crippen LogP contribution < -0.4 is 9.47 Å². The summed E-state index contributed by atoms with van der Waals surface area (Å²) in [6, 6.07) is 17.5. The minimum Gasteiger partial charge on any atom is -0.486 e. The number of aromatic nitrogens is 4. The Hall–Kier alpha value is -2.93. The monoisotopic (exact) mass is 352 g/mol. The first kappa shape index (κ1) is 15.6. The van der Waals surface area contributed by atoms with Gasteiger partial charge in [0.15, 0.2) is 10.8 Å². The maximum atomic E-state index is 5.85. The molecule has 126 valence electrons. The molecule has 0 amide bonds. The molecule has 0 bridgehead atoms. The van der Waals surface area contributed by atoms with Gasteiger partial charge >= 0.3 is 0 Å². The lowest BCUT2D eigenvalue weighted by atomic mass is 10.2. The van der Waals surface area contributed by atoms with Gasteiger partial charge in [0.05, 0.1) is 0 Å². The summed E-state index contributed by atoms with van der Waals surface area (Å²) in [5.74, 6) is 2.32. The van der Waals surface area contributed by atoms with Crippen molar-refractivity contribution in [1.82, 2.24) is 19.8 Å². The van der Waals surface area contributed by atoms with Crippen molar-refractivity contribution in [2.45, 2.75) is 20.1 Å². The van der Waals surface area contributed by atoms with Crippen LogP contribution in [0.1, 0.15) is 16.4 Å². The third-order valence-corrected chi connectivity index (χ3v) is 4.53. The molecule has 0 N–H and O–H groups in total. The SMILES string of the molecule is Cc1ccccc1OCc1nn2c(COc3ccccc3)nnc2s1. The van der Waals surface area contributed by atoms with E-state index in [-0.39, 0.29) is 0 Å².